The fourth-order valence-corrected chi connectivity index (χ4v) is 2.62. The number of rotatable bonds is 4. The summed E-state index contributed by atoms with van der Waals surface area (Å²) >= 11 is 3.46. The summed E-state index contributed by atoms with van der Waals surface area (Å²) in [4.78, 5) is 4.42. The van der Waals surface area contributed by atoms with Gasteiger partial charge in [-0.2, -0.15) is 4.98 Å². The zero-order valence-electron chi connectivity index (χ0n) is 12.4. The summed E-state index contributed by atoms with van der Waals surface area (Å²) < 4.78 is 6.37. The molecule has 0 aliphatic rings. The zero-order chi connectivity index (χ0) is 15.5. The molecule has 0 saturated carbocycles. The van der Waals surface area contributed by atoms with Gasteiger partial charge in [-0.25, -0.2) is 0 Å². The molecule has 0 atom stereocenters. The first-order valence-corrected chi connectivity index (χ1v) is 7.81. The Labute approximate surface area is 137 Å². The highest BCUT2D eigenvalue weighted by Gasteiger charge is 2.08. The van der Waals surface area contributed by atoms with Crippen LogP contribution in [0.2, 0.25) is 0 Å². The fourth-order valence-electron chi connectivity index (χ4n) is 2.14. The molecule has 0 saturated heterocycles. The lowest BCUT2D eigenvalue weighted by molar-refractivity contribution is 0.384. The van der Waals surface area contributed by atoms with Crippen LogP contribution in [0.1, 0.15) is 17.0 Å². The molecule has 0 bridgehead atoms. The molecule has 3 aromatic rings. The van der Waals surface area contributed by atoms with Crippen LogP contribution in [0.15, 0.2) is 51.5 Å². The normalized spacial score (nSPS) is 10.7. The lowest BCUT2D eigenvalue weighted by atomic mass is 10.1. The highest BCUT2D eigenvalue weighted by molar-refractivity contribution is 9.10. The maximum atomic E-state index is 5.30. The van der Waals surface area contributed by atoms with E-state index in [9.17, 15) is 0 Å². The Morgan fingerprint density at radius 1 is 1.09 bits per heavy atom. The van der Waals surface area contributed by atoms with Gasteiger partial charge < -0.3 is 9.84 Å². The molecule has 0 spiro atoms. The van der Waals surface area contributed by atoms with Crippen molar-refractivity contribution < 1.29 is 4.52 Å². The van der Waals surface area contributed by atoms with Crippen LogP contribution in [0, 0.1) is 13.8 Å². The molecule has 1 N–H and O–H groups in total. The maximum Gasteiger partial charge on any atom is 0.246 e. The van der Waals surface area contributed by atoms with Crippen molar-refractivity contribution in [2.75, 3.05) is 5.32 Å². The van der Waals surface area contributed by atoms with Gasteiger partial charge in [0.25, 0.3) is 0 Å². The van der Waals surface area contributed by atoms with Crippen LogP contribution >= 0.6 is 15.9 Å². The van der Waals surface area contributed by atoms with E-state index in [1.165, 1.54) is 5.56 Å². The molecule has 3 rings (SSSR count). The fraction of sp³-hybridized carbons (Fsp3) is 0.176. The van der Waals surface area contributed by atoms with Crippen LogP contribution in [0.4, 0.5) is 5.69 Å². The molecule has 1 heterocycles. The van der Waals surface area contributed by atoms with Crippen molar-refractivity contribution in [1.29, 1.82) is 0 Å². The van der Waals surface area contributed by atoms with Crippen molar-refractivity contribution in [2.24, 2.45) is 0 Å². The highest BCUT2D eigenvalue weighted by Crippen LogP contribution is 2.21. The number of hydrogen-bond acceptors (Lipinski definition) is 4. The van der Waals surface area contributed by atoms with Gasteiger partial charge in [-0.3, -0.25) is 0 Å². The third-order valence-corrected chi connectivity index (χ3v) is 3.89. The van der Waals surface area contributed by atoms with Crippen LogP contribution in [0.3, 0.4) is 0 Å². The summed E-state index contributed by atoms with van der Waals surface area (Å²) in [6.07, 6.45) is 0. The highest BCUT2D eigenvalue weighted by atomic mass is 79.9. The Morgan fingerprint density at radius 2 is 1.86 bits per heavy atom. The van der Waals surface area contributed by atoms with Gasteiger partial charge in [0.1, 0.15) is 0 Å². The predicted molar refractivity (Wildman–Crippen MR) is 90.7 cm³/mol. The quantitative estimate of drug-likeness (QED) is 0.733. The van der Waals surface area contributed by atoms with E-state index in [-0.39, 0.29) is 0 Å². The Kier molecular flexibility index (Phi) is 4.24. The van der Waals surface area contributed by atoms with Crippen LogP contribution in [-0.2, 0) is 6.54 Å². The molecule has 0 aliphatic carbocycles. The number of benzene rings is 2. The largest absolute Gasteiger partial charge is 0.376 e. The second kappa shape index (κ2) is 6.32. The zero-order valence-corrected chi connectivity index (χ0v) is 14.0. The maximum absolute atomic E-state index is 5.30. The number of nitrogens with zero attached hydrogens (tertiary/aromatic N) is 2. The van der Waals surface area contributed by atoms with E-state index in [0.717, 1.165) is 21.3 Å². The van der Waals surface area contributed by atoms with Gasteiger partial charge in [-0.15, -0.1) is 0 Å². The Morgan fingerprint density at radius 3 is 2.59 bits per heavy atom. The second-order valence-corrected chi connectivity index (χ2v) is 6.11. The van der Waals surface area contributed by atoms with Gasteiger partial charge in [-0.1, -0.05) is 50.9 Å². The molecular weight excluding hydrogens is 342 g/mol. The van der Waals surface area contributed by atoms with E-state index in [1.54, 1.807) is 0 Å². The summed E-state index contributed by atoms with van der Waals surface area (Å²) in [6.45, 7) is 4.61. The first-order valence-electron chi connectivity index (χ1n) is 7.01. The number of hydrogen-bond donors (Lipinski definition) is 1. The third-order valence-electron chi connectivity index (χ3n) is 3.40. The average Bonchev–Trinajstić information content (AvgIpc) is 2.96. The van der Waals surface area contributed by atoms with Crippen LogP contribution in [-0.4, -0.2) is 10.1 Å². The molecule has 1 aromatic heterocycles. The summed E-state index contributed by atoms with van der Waals surface area (Å²) in [5, 5.41) is 7.34. The van der Waals surface area contributed by atoms with Crippen molar-refractivity contribution in [3.05, 3.63) is 64.0 Å². The SMILES string of the molecule is Cc1ccc(-c2noc(CNc3ccc(Br)cc3C)n2)cc1. The molecule has 112 valence electrons. The average molecular weight is 358 g/mol. The Bertz CT molecular complexity index is 781. The van der Waals surface area contributed by atoms with Crippen molar-refractivity contribution in [3.8, 4) is 11.4 Å². The molecule has 0 aliphatic heterocycles. The molecule has 2 aromatic carbocycles. The topological polar surface area (TPSA) is 51.0 Å². The number of aromatic nitrogens is 2. The van der Waals surface area contributed by atoms with Gasteiger partial charge in [0, 0.05) is 15.7 Å². The van der Waals surface area contributed by atoms with E-state index in [2.05, 4.69) is 51.3 Å². The van der Waals surface area contributed by atoms with Gasteiger partial charge in [0.2, 0.25) is 11.7 Å². The van der Waals surface area contributed by atoms with Gasteiger partial charge >= 0.3 is 0 Å². The number of aryl methyl sites for hydroxylation is 2. The van der Waals surface area contributed by atoms with Crippen molar-refractivity contribution >= 4 is 21.6 Å². The minimum atomic E-state index is 0.501. The van der Waals surface area contributed by atoms with Crippen molar-refractivity contribution in [1.82, 2.24) is 10.1 Å². The monoisotopic (exact) mass is 357 g/mol. The Balaban J connectivity index is 1.70. The van der Waals surface area contributed by atoms with E-state index in [4.69, 9.17) is 4.52 Å². The minimum Gasteiger partial charge on any atom is -0.376 e. The van der Waals surface area contributed by atoms with Gasteiger partial charge in [-0.05, 0) is 37.6 Å². The second-order valence-electron chi connectivity index (χ2n) is 5.19. The Hall–Kier alpha value is -2.14. The molecule has 4 nitrogen and oxygen atoms in total. The minimum absolute atomic E-state index is 0.501. The summed E-state index contributed by atoms with van der Waals surface area (Å²) in [5.74, 6) is 1.18. The standard InChI is InChI=1S/C17H16BrN3O/c1-11-3-5-13(6-4-11)17-20-16(22-21-17)10-19-15-8-7-14(18)9-12(15)2/h3-9,19H,10H2,1-2H3. The number of nitrogens with one attached hydrogen (secondary N) is 1. The smallest absolute Gasteiger partial charge is 0.246 e. The lowest BCUT2D eigenvalue weighted by Crippen LogP contribution is -2.01. The van der Waals surface area contributed by atoms with Crippen molar-refractivity contribution in [2.45, 2.75) is 20.4 Å². The van der Waals surface area contributed by atoms with Gasteiger partial charge in [0.05, 0.1) is 6.54 Å². The molecule has 0 amide bonds. The summed E-state index contributed by atoms with van der Waals surface area (Å²) in [7, 11) is 0. The first kappa shape index (κ1) is 14.8. The van der Waals surface area contributed by atoms with Gasteiger partial charge in [0.15, 0.2) is 0 Å². The molecule has 0 fully saturated rings. The van der Waals surface area contributed by atoms with E-state index in [0.29, 0.717) is 18.3 Å². The summed E-state index contributed by atoms with van der Waals surface area (Å²) in [5.41, 5.74) is 4.38. The van der Waals surface area contributed by atoms with E-state index >= 15 is 0 Å². The number of anilines is 1. The lowest BCUT2D eigenvalue weighted by Gasteiger charge is -2.07. The van der Waals surface area contributed by atoms with E-state index in [1.807, 2.05) is 36.4 Å². The molecule has 0 unspecified atom stereocenters. The van der Waals surface area contributed by atoms with Crippen molar-refractivity contribution in [3.63, 3.8) is 0 Å². The molecule has 22 heavy (non-hydrogen) atoms. The van der Waals surface area contributed by atoms with Crippen LogP contribution in [0.25, 0.3) is 11.4 Å². The third kappa shape index (κ3) is 3.36. The first-order chi connectivity index (χ1) is 10.6. The predicted octanol–water partition coefficient (Wildman–Crippen LogP) is 4.73. The molecular formula is C17H16BrN3O. The summed E-state index contributed by atoms with van der Waals surface area (Å²) in [6, 6.07) is 14.2. The number of halogens is 1. The molecule has 0 radical (unpaired) electrons. The molecule has 5 heteroatoms. The van der Waals surface area contributed by atoms with Crippen LogP contribution in [0.5, 0.6) is 0 Å². The van der Waals surface area contributed by atoms with E-state index < -0.39 is 0 Å². The van der Waals surface area contributed by atoms with Crippen LogP contribution < -0.4 is 5.32 Å².